The molecule has 6 atom stereocenters. The van der Waals surface area contributed by atoms with Crippen molar-refractivity contribution < 1.29 is 23.0 Å². The van der Waals surface area contributed by atoms with E-state index in [1.807, 2.05) is 6.08 Å². The Bertz CT molecular complexity index is 956. The van der Waals surface area contributed by atoms with Crippen LogP contribution in [0.3, 0.4) is 0 Å². The number of rotatable bonds is 4. The number of methoxy groups -OCH3 is 1. The fourth-order valence-corrected chi connectivity index (χ4v) is 8.26. The van der Waals surface area contributed by atoms with E-state index in [2.05, 4.69) is 18.6 Å². The molecule has 0 aliphatic heterocycles. The summed E-state index contributed by atoms with van der Waals surface area (Å²) in [6.07, 6.45) is 13.0. The Balaban J connectivity index is 1.42. The average molecular weight is 459 g/mol. The first-order valence-corrected chi connectivity index (χ1v) is 12.6. The highest BCUT2D eigenvalue weighted by Crippen LogP contribution is 2.66. The van der Waals surface area contributed by atoms with Gasteiger partial charge in [-0.1, -0.05) is 32.8 Å². The number of Topliss-reactive ketones (excluding diaryl/α,β-unsaturated/α-hetero) is 1. The van der Waals surface area contributed by atoms with Crippen molar-refractivity contribution in [3.8, 4) is 11.5 Å². The quantitative estimate of drug-likeness (QED) is 0.444. The highest BCUT2D eigenvalue weighted by Gasteiger charge is 2.60. The predicted molar refractivity (Wildman–Crippen MR) is 124 cm³/mol. The summed E-state index contributed by atoms with van der Waals surface area (Å²) >= 11 is 0. The first-order valence-electron chi connectivity index (χ1n) is 12.6. The predicted octanol–water partition coefficient (Wildman–Crippen LogP) is 7.29. The van der Waals surface area contributed by atoms with E-state index < -0.39 is 6.61 Å². The molecule has 5 rings (SSSR count). The summed E-state index contributed by atoms with van der Waals surface area (Å²) in [5.41, 5.74) is 1.85. The number of hydrogen-bond donors (Lipinski definition) is 0. The lowest BCUT2D eigenvalue weighted by molar-refractivity contribution is -0.137. The van der Waals surface area contributed by atoms with Gasteiger partial charge in [-0.3, -0.25) is 4.79 Å². The number of hydrogen-bond acceptors (Lipinski definition) is 3. The summed E-state index contributed by atoms with van der Waals surface area (Å²) < 4.78 is 35.1. The number of alkyl halides is 2. The van der Waals surface area contributed by atoms with Crippen molar-refractivity contribution in [1.29, 1.82) is 0 Å². The van der Waals surface area contributed by atoms with Gasteiger partial charge in [-0.25, -0.2) is 0 Å². The average Bonchev–Trinajstić information content (AvgIpc) is 3.04. The zero-order chi connectivity index (χ0) is 23.4. The number of carbonyl (C=O) groups excluding carboxylic acids is 1. The summed E-state index contributed by atoms with van der Waals surface area (Å²) in [5.74, 6) is 3.20. The van der Waals surface area contributed by atoms with Crippen LogP contribution >= 0.6 is 0 Å². The molecule has 1 aromatic rings. The summed E-state index contributed by atoms with van der Waals surface area (Å²) in [6, 6.07) is 4.90. The fraction of sp³-hybridized carbons (Fsp3) is 0.679. The lowest BCUT2D eigenvalue weighted by atomic mass is 9.45. The Kier molecular flexibility index (Phi) is 5.81. The van der Waals surface area contributed by atoms with Crippen molar-refractivity contribution in [3.05, 3.63) is 29.3 Å². The van der Waals surface area contributed by atoms with E-state index in [1.54, 1.807) is 12.1 Å². The molecule has 0 radical (unpaired) electrons. The van der Waals surface area contributed by atoms with Gasteiger partial charge >= 0.3 is 6.61 Å². The third-order valence-corrected chi connectivity index (χ3v) is 9.97. The maximum Gasteiger partial charge on any atom is 0.387 e. The number of ketones is 1. The smallest absolute Gasteiger partial charge is 0.387 e. The van der Waals surface area contributed by atoms with Gasteiger partial charge in [0.05, 0.1) is 7.11 Å². The zero-order valence-corrected chi connectivity index (χ0v) is 20.0. The van der Waals surface area contributed by atoms with Crippen LogP contribution in [0.15, 0.2) is 23.8 Å². The third-order valence-electron chi connectivity index (χ3n) is 9.97. The molecule has 0 heterocycles. The largest absolute Gasteiger partial charge is 0.493 e. The van der Waals surface area contributed by atoms with E-state index in [9.17, 15) is 13.6 Å². The van der Waals surface area contributed by atoms with Crippen LogP contribution in [0.5, 0.6) is 11.5 Å². The Morgan fingerprint density at radius 1 is 1.03 bits per heavy atom. The molecule has 0 amide bonds. The topological polar surface area (TPSA) is 35.5 Å². The van der Waals surface area contributed by atoms with Crippen LogP contribution in [0.25, 0.3) is 6.08 Å². The highest BCUT2D eigenvalue weighted by atomic mass is 19.3. The molecule has 33 heavy (non-hydrogen) atoms. The van der Waals surface area contributed by atoms with E-state index in [0.717, 1.165) is 35.8 Å². The second kappa shape index (κ2) is 8.39. The van der Waals surface area contributed by atoms with Crippen molar-refractivity contribution in [2.45, 2.75) is 78.2 Å². The maximum atomic E-state index is 13.6. The summed E-state index contributed by atoms with van der Waals surface area (Å²) in [7, 11) is 1.43. The number of carbonyl (C=O) groups is 1. The van der Waals surface area contributed by atoms with Gasteiger partial charge in [0.25, 0.3) is 0 Å². The van der Waals surface area contributed by atoms with E-state index in [1.165, 1.54) is 58.1 Å². The van der Waals surface area contributed by atoms with Crippen molar-refractivity contribution in [1.82, 2.24) is 0 Å². The molecule has 3 nitrogen and oxygen atoms in total. The number of ether oxygens (including phenoxy) is 2. The highest BCUT2D eigenvalue weighted by molar-refractivity contribution is 6.06. The Morgan fingerprint density at radius 3 is 2.61 bits per heavy atom. The van der Waals surface area contributed by atoms with Crippen LogP contribution in [0.4, 0.5) is 8.78 Å². The summed E-state index contributed by atoms with van der Waals surface area (Å²) in [6.45, 7) is 1.85. The van der Waals surface area contributed by atoms with Gasteiger partial charge in [0.15, 0.2) is 17.3 Å². The monoisotopic (exact) mass is 458 g/mol. The molecule has 4 aliphatic rings. The van der Waals surface area contributed by atoms with Crippen LogP contribution in [0.2, 0.25) is 0 Å². The molecule has 0 saturated heterocycles. The second-order valence-corrected chi connectivity index (χ2v) is 11.4. The minimum Gasteiger partial charge on any atom is -0.493 e. The molecule has 1 aromatic carbocycles. The lowest BCUT2D eigenvalue weighted by Gasteiger charge is -2.59. The van der Waals surface area contributed by atoms with Crippen LogP contribution in [-0.4, -0.2) is 19.5 Å². The normalized spacial score (nSPS) is 39.2. The SMILES string of the molecule is COc1cc(/C=C2\C[C@H]3[C@@H]4CC[C@H]5CCCC[C@]5(C)[C@H]4CC[C@]3(C)C2=O)ccc1OC(F)F. The molecule has 4 aliphatic carbocycles. The Hall–Kier alpha value is -1.91. The van der Waals surface area contributed by atoms with Gasteiger partial charge in [-0.2, -0.15) is 8.78 Å². The molecule has 180 valence electrons. The number of benzene rings is 1. The zero-order valence-electron chi connectivity index (χ0n) is 20.0. The molecular weight excluding hydrogens is 422 g/mol. The minimum absolute atomic E-state index is 0.00774. The van der Waals surface area contributed by atoms with Gasteiger partial charge in [0.1, 0.15) is 0 Å². The third kappa shape index (κ3) is 3.70. The first-order chi connectivity index (χ1) is 15.8. The van der Waals surface area contributed by atoms with Gasteiger partial charge in [-0.15, -0.1) is 0 Å². The number of fused-ring (bicyclic) bond motifs is 5. The van der Waals surface area contributed by atoms with Gasteiger partial charge in [-0.05, 0) is 103 Å². The molecule has 0 bridgehead atoms. The van der Waals surface area contributed by atoms with E-state index in [-0.39, 0.29) is 22.7 Å². The standard InChI is InChI=1S/C28H36F2O3/c1-27-12-5-4-6-19(27)8-9-20-21(27)11-13-28(2)22(20)16-18(25(28)31)14-17-7-10-23(33-26(29)30)24(15-17)32-3/h7,10,14-15,19-22,26H,4-6,8-9,11-13,16H2,1-3H3/b18-14+/t19-,20-,21+,22+,27+,28+/m1/s1. The van der Waals surface area contributed by atoms with Crippen molar-refractivity contribution in [2.24, 2.45) is 34.5 Å². The molecule has 0 aromatic heterocycles. The fourth-order valence-electron chi connectivity index (χ4n) is 8.26. The van der Waals surface area contributed by atoms with E-state index in [4.69, 9.17) is 4.74 Å². The Morgan fingerprint density at radius 2 is 1.85 bits per heavy atom. The lowest BCUT2D eigenvalue weighted by Crippen LogP contribution is -2.52. The number of halogens is 2. The van der Waals surface area contributed by atoms with Crippen LogP contribution in [0.1, 0.15) is 77.2 Å². The van der Waals surface area contributed by atoms with Gasteiger partial charge in [0, 0.05) is 5.41 Å². The molecule has 0 N–H and O–H groups in total. The van der Waals surface area contributed by atoms with E-state index in [0.29, 0.717) is 17.3 Å². The Labute approximate surface area is 195 Å². The van der Waals surface area contributed by atoms with Crippen LogP contribution < -0.4 is 9.47 Å². The summed E-state index contributed by atoms with van der Waals surface area (Å²) in [5, 5.41) is 0. The van der Waals surface area contributed by atoms with Crippen molar-refractivity contribution >= 4 is 11.9 Å². The van der Waals surface area contributed by atoms with E-state index >= 15 is 0 Å². The van der Waals surface area contributed by atoms with Crippen molar-refractivity contribution in [3.63, 3.8) is 0 Å². The molecule has 4 saturated carbocycles. The van der Waals surface area contributed by atoms with Crippen LogP contribution in [0, 0.1) is 34.5 Å². The minimum atomic E-state index is -2.91. The molecular formula is C28H36F2O3. The number of allylic oxidation sites excluding steroid dienone is 1. The molecule has 5 heteroatoms. The maximum absolute atomic E-state index is 13.6. The van der Waals surface area contributed by atoms with Crippen LogP contribution in [-0.2, 0) is 4.79 Å². The van der Waals surface area contributed by atoms with Gasteiger partial charge in [0.2, 0.25) is 0 Å². The molecule has 0 unspecified atom stereocenters. The molecule has 0 spiro atoms. The first kappa shape index (κ1) is 22.9. The van der Waals surface area contributed by atoms with Crippen molar-refractivity contribution in [2.75, 3.05) is 7.11 Å². The molecule has 4 fully saturated rings. The van der Waals surface area contributed by atoms with Gasteiger partial charge < -0.3 is 9.47 Å². The summed E-state index contributed by atoms with van der Waals surface area (Å²) in [4.78, 5) is 13.6. The second-order valence-electron chi connectivity index (χ2n) is 11.4.